The molecule has 0 aliphatic rings. The molecule has 0 aromatic carbocycles. The van der Waals surface area contributed by atoms with Crippen LogP contribution in [0, 0.1) is 0 Å². The van der Waals surface area contributed by atoms with Crippen LogP contribution < -0.4 is 5.32 Å². The van der Waals surface area contributed by atoms with Gasteiger partial charge in [0.15, 0.2) is 0 Å². The lowest BCUT2D eigenvalue weighted by Crippen LogP contribution is -2.28. The van der Waals surface area contributed by atoms with E-state index in [9.17, 15) is 9.00 Å². The van der Waals surface area contributed by atoms with Gasteiger partial charge in [-0.2, -0.15) is 0 Å². The SMILES string of the molecule is CCS(=O)CCNC(=O)c1ccnc(Br)c1. The molecule has 0 radical (unpaired) electrons. The number of hydrogen-bond acceptors (Lipinski definition) is 3. The minimum absolute atomic E-state index is 0.170. The normalized spacial score (nSPS) is 12.1. The third kappa shape index (κ3) is 4.40. The second kappa shape index (κ2) is 6.75. The third-order valence-electron chi connectivity index (χ3n) is 1.93. The third-order valence-corrected chi connectivity index (χ3v) is 3.66. The molecular weight excluding hydrogens is 292 g/mol. The van der Waals surface area contributed by atoms with E-state index >= 15 is 0 Å². The number of rotatable bonds is 5. The van der Waals surface area contributed by atoms with Gasteiger partial charge in [-0.3, -0.25) is 9.00 Å². The Kier molecular flexibility index (Phi) is 5.62. The van der Waals surface area contributed by atoms with Gasteiger partial charge >= 0.3 is 0 Å². The summed E-state index contributed by atoms with van der Waals surface area (Å²) in [5, 5.41) is 2.71. The summed E-state index contributed by atoms with van der Waals surface area (Å²) in [5.74, 6) is 0.946. The smallest absolute Gasteiger partial charge is 0.251 e. The van der Waals surface area contributed by atoms with Crippen molar-refractivity contribution in [1.82, 2.24) is 10.3 Å². The zero-order chi connectivity index (χ0) is 12.0. The first-order chi connectivity index (χ1) is 7.63. The summed E-state index contributed by atoms with van der Waals surface area (Å²) in [6, 6.07) is 3.28. The fraction of sp³-hybridized carbons (Fsp3) is 0.400. The Bertz CT molecular complexity index is 398. The van der Waals surface area contributed by atoms with Gasteiger partial charge in [0, 0.05) is 40.6 Å². The zero-order valence-corrected chi connectivity index (χ0v) is 11.3. The second-order valence-electron chi connectivity index (χ2n) is 3.06. The lowest BCUT2D eigenvalue weighted by molar-refractivity contribution is 0.0956. The van der Waals surface area contributed by atoms with Crippen LogP contribution in [0.5, 0.6) is 0 Å². The highest BCUT2D eigenvalue weighted by Gasteiger charge is 2.05. The maximum absolute atomic E-state index is 11.6. The van der Waals surface area contributed by atoms with E-state index in [1.165, 1.54) is 0 Å². The van der Waals surface area contributed by atoms with Gasteiger partial charge in [-0.1, -0.05) is 6.92 Å². The van der Waals surface area contributed by atoms with Crippen molar-refractivity contribution >= 4 is 32.6 Å². The number of hydrogen-bond donors (Lipinski definition) is 1. The fourth-order valence-corrected chi connectivity index (χ4v) is 2.05. The molecule has 0 fully saturated rings. The van der Waals surface area contributed by atoms with E-state index in [1.807, 2.05) is 6.92 Å². The molecule has 16 heavy (non-hydrogen) atoms. The standard InChI is InChI=1S/C10H13BrN2O2S/c1-2-16(15)6-5-13-10(14)8-3-4-12-9(11)7-8/h3-4,7H,2,5-6H2,1H3,(H,13,14). The minimum atomic E-state index is -0.841. The van der Waals surface area contributed by atoms with E-state index in [1.54, 1.807) is 18.3 Å². The quantitative estimate of drug-likeness (QED) is 0.835. The van der Waals surface area contributed by atoms with E-state index in [0.717, 1.165) is 0 Å². The first-order valence-corrected chi connectivity index (χ1v) is 7.16. The van der Waals surface area contributed by atoms with Crippen LogP contribution in [0.3, 0.4) is 0 Å². The molecule has 0 aliphatic carbocycles. The van der Waals surface area contributed by atoms with Crippen molar-refractivity contribution in [2.24, 2.45) is 0 Å². The average molecular weight is 305 g/mol. The van der Waals surface area contributed by atoms with Crippen molar-refractivity contribution in [3.8, 4) is 0 Å². The topological polar surface area (TPSA) is 59.1 Å². The first-order valence-electron chi connectivity index (χ1n) is 4.88. The largest absolute Gasteiger partial charge is 0.351 e. The summed E-state index contributed by atoms with van der Waals surface area (Å²) in [6.45, 7) is 2.29. The molecule has 1 aromatic heterocycles. The average Bonchev–Trinajstić information content (AvgIpc) is 2.28. The van der Waals surface area contributed by atoms with E-state index in [0.29, 0.717) is 28.2 Å². The van der Waals surface area contributed by atoms with Crippen molar-refractivity contribution in [2.45, 2.75) is 6.92 Å². The van der Waals surface area contributed by atoms with Crippen molar-refractivity contribution in [2.75, 3.05) is 18.1 Å². The Hall–Kier alpha value is -0.750. The number of pyridine rings is 1. The number of halogens is 1. The van der Waals surface area contributed by atoms with Crippen LogP contribution in [-0.4, -0.2) is 33.2 Å². The molecule has 4 nitrogen and oxygen atoms in total. The van der Waals surface area contributed by atoms with E-state index in [4.69, 9.17) is 0 Å². The van der Waals surface area contributed by atoms with Crippen LogP contribution >= 0.6 is 15.9 Å². The monoisotopic (exact) mass is 304 g/mol. The molecular formula is C10H13BrN2O2S. The summed E-state index contributed by atoms with van der Waals surface area (Å²) in [5.41, 5.74) is 0.546. The van der Waals surface area contributed by atoms with Gasteiger partial charge < -0.3 is 5.32 Å². The molecule has 1 heterocycles. The highest BCUT2D eigenvalue weighted by molar-refractivity contribution is 9.10. The van der Waals surface area contributed by atoms with E-state index in [2.05, 4.69) is 26.2 Å². The molecule has 0 aliphatic heterocycles. The predicted molar refractivity (Wildman–Crippen MR) is 67.8 cm³/mol. The van der Waals surface area contributed by atoms with Crippen molar-refractivity contribution < 1.29 is 9.00 Å². The molecule has 0 spiro atoms. The Morgan fingerprint density at radius 1 is 1.62 bits per heavy atom. The Balaban J connectivity index is 2.44. The highest BCUT2D eigenvalue weighted by Crippen LogP contribution is 2.07. The fourth-order valence-electron chi connectivity index (χ4n) is 1.07. The summed E-state index contributed by atoms with van der Waals surface area (Å²) in [7, 11) is -0.841. The summed E-state index contributed by atoms with van der Waals surface area (Å²) in [6.07, 6.45) is 1.56. The molecule has 0 saturated carbocycles. The molecule has 1 N–H and O–H groups in total. The number of carbonyl (C=O) groups is 1. The van der Waals surface area contributed by atoms with Crippen molar-refractivity contribution in [1.29, 1.82) is 0 Å². The van der Waals surface area contributed by atoms with Crippen LogP contribution in [-0.2, 0) is 10.8 Å². The van der Waals surface area contributed by atoms with Crippen LogP contribution in [0.25, 0.3) is 0 Å². The number of nitrogens with zero attached hydrogens (tertiary/aromatic N) is 1. The molecule has 1 rings (SSSR count). The molecule has 88 valence electrons. The lowest BCUT2D eigenvalue weighted by atomic mass is 10.2. The van der Waals surface area contributed by atoms with Crippen LogP contribution in [0.2, 0.25) is 0 Å². The Labute approximate surface area is 105 Å². The second-order valence-corrected chi connectivity index (χ2v) is 5.73. The minimum Gasteiger partial charge on any atom is -0.351 e. The van der Waals surface area contributed by atoms with Crippen molar-refractivity contribution in [3.63, 3.8) is 0 Å². The summed E-state index contributed by atoms with van der Waals surface area (Å²) >= 11 is 3.19. The number of carbonyl (C=O) groups excluding carboxylic acids is 1. The molecule has 1 aromatic rings. The number of nitrogens with one attached hydrogen (secondary N) is 1. The lowest BCUT2D eigenvalue weighted by Gasteiger charge is -2.04. The Morgan fingerprint density at radius 3 is 3.00 bits per heavy atom. The molecule has 0 bridgehead atoms. The van der Waals surface area contributed by atoms with Gasteiger partial charge in [0.1, 0.15) is 4.60 Å². The van der Waals surface area contributed by atoms with E-state index < -0.39 is 10.8 Å². The first kappa shape index (κ1) is 13.3. The van der Waals surface area contributed by atoms with Crippen LogP contribution in [0.4, 0.5) is 0 Å². The molecule has 1 atom stereocenters. The Morgan fingerprint density at radius 2 is 2.38 bits per heavy atom. The van der Waals surface area contributed by atoms with Gasteiger partial charge in [-0.15, -0.1) is 0 Å². The van der Waals surface area contributed by atoms with Crippen molar-refractivity contribution in [3.05, 3.63) is 28.5 Å². The van der Waals surface area contributed by atoms with Crippen LogP contribution in [0.1, 0.15) is 17.3 Å². The molecule has 1 amide bonds. The number of aromatic nitrogens is 1. The van der Waals surface area contributed by atoms with Gasteiger partial charge in [0.2, 0.25) is 0 Å². The number of amides is 1. The van der Waals surface area contributed by atoms with Gasteiger partial charge in [0.25, 0.3) is 5.91 Å². The predicted octanol–water partition coefficient (Wildman–Crippen LogP) is 1.34. The van der Waals surface area contributed by atoms with Gasteiger partial charge in [0.05, 0.1) is 0 Å². The van der Waals surface area contributed by atoms with Gasteiger partial charge in [-0.05, 0) is 28.1 Å². The van der Waals surface area contributed by atoms with E-state index in [-0.39, 0.29) is 5.91 Å². The van der Waals surface area contributed by atoms with Crippen LogP contribution in [0.15, 0.2) is 22.9 Å². The molecule has 1 unspecified atom stereocenters. The summed E-state index contributed by atoms with van der Waals surface area (Å²) in [4.78, 5) is 15.5. The summed E-state index contributed by atoms with van der Waals surface area (Å²) < 4.78 is 11.7. The maximum Gasteiger partial charge on any atom is 0.251 e. The van der Waals surface area contributed by atoms with Gasteiger partial charge in [-0.25, -0.2) is 4.98 Å². The highest BCUT2D eigenvalue weighted by atomic mass is 79.9. The maximum atomic E-state index is 11.6. The molecule has 0 saturated heterocycles. The molecule has 6 heteroatoms. The zero-order valence-electron chi connectivity index (χ0n) is 8.90.